The Kier molecular flexibility index (Phi) is 5.31. The van der Waals surface area contributed by atoms with Gasteiger partial charge in [0.1, 0.15) is 0 Å². The first-order valence-electron chi connectivity index (χ1n) is 9.57. The number of carbonyl (C=O) groups excluding carboxylic acids is 3. The van der Waals surface area contributed by atoms with Gasteiger partial charge in [-0.2, -0.15) is 0 Å². The summed E-state index contributed by atoms with van der Waals surface area (Å²) in [5, 5.41) is 2.89. The minimum atomic E-state index is -0.198. The normalized spacial score (nSPS) is 16.8. The van der Waals surface area contributed by atoms with E-state index in [4.69, 9.17) is 0 Å². The maximum Gasteiger partial charge on any atom is 0.261 e. The fourth-order valence-electron chi connectivity index (χ4n) is 3.83. The lowest BCUT2D eigenvalue weighted by molar-refractivity contribution is -0.116. The number of hydrogen-bond donors (Lipinski definition) is 1. The van der Waals surface area contributed by atoms with E-state index < -0.39 is 0 Å². The molecular formula is C22H21BrN2O3. The molecule has 2 aliphatic rings. The van der Waals surface area contributed by atoms with Gasteiger partial charge in [0.25, 0.3) is 11.8 Å². The summed E-state index contributed by atoms with van der Waals surface area (Å²) in [7, 11) is 0. The third-order valence-electron chi connectivity index (χ3n) is 5.34. The summed E-state index contributed by atoms with van der Waals surface area (Å²) in [6.07, 6.45) is 3.71. The average molecular weight is 441 g/mol. The van der Waals surface area contributed by atoms with E-state index in [2.05, 4.69) is 21.2 Å². The molecule has 2 aromatic rings. The van der Waals surface area contributed by atoms with Gasteiger partial charge in [-0.05, 0) is 61.9 Å². The van der Waals surface area contributed by atoms with E-state index in [-0.39, 0.29) is 23.8 Å². The maximum atomic E-state index is 12.8. The molecule has 0 unspecified atom stereocenters. The summed E-state index contributed by atoms with van der Waals surface area (Å²) in [4.78, 5) is 39.2. The molecule has 1 atom stereocenters. The fraction of sp³-hybridized carbons (Fsp3) is 0.318. The monoisotopic (exact) mass is 440 g/mol. The van der Waals surface area contributed by atoms with Crippen molar-refractivity contribution in [1.82, 2.24) is 4.90 Å². The third kappa shape index (κ3) is 3.87. The number of amides is 3. The Morgan fingerprint density at radius 2 is 1.75 bits per heavy atom. The van der Waals surface area contributed by atoms with Crippen LogP contribution < -0.4 is 5.32 Å². The molecule has 0 bridgehead atoms. The van der Waals surface area contributed by atoms with Gasteiger partial charge in [0.2, 0.25) is 5.91 Å². The van der Waals surface area contributed by atoms with Crippen LogP contribution in [0.15, 0.2) is 53.0 Å². The van der Waals surface area contributed by atoms with Crippen LogP contribution in [-0.4, -0.2) is 28.7 Å². The Labute approximate surface area is 172 Å². The number of nitrogens with zero attached hydrogens (tertiary/aromatic N) is 1. The summed E-state index contributed by atoms with van der Waals surface area (Å²) in [6.45, 7) is 0. The molecule has 5 nitrogen and oxygen atoms in total. The van der Waals surface area contributed by atoms with Crippen LogP contribution in [0.3, 0.4) is 0 Å². The largest absolute Gasteiger partial charge is 0.326 e. The number of carbonyl (C=O) groups is 3. The Hall–Kier alpha value is -2.47. The molecule has 1 fully saturated rings. The van der Waals surface area contributed by atoms with Crippen LogP contribution >= 0.6 is 15.9 Å². The molecule has 6 heteroatoms. The third-order valence-corrected chi connectivity index (χ3v) is 5.83. The molecular weight excluding hydrogens is 420 g/mol. The fourth-order valence-corrected chi connectivity index (χ4v) is 4.23. The second-order valence-electron chi connectivity index (χ2n) is 7.38. The Morgan fingerprint density at radius 3 is 2.36 bits per heavy atom. The molecule has 1 N–H and O–H groups in total. The van der Waals surface area contributed by atoms with E-state index in [1.54, 1.807) is 24.3 Å². The van der Waals surface area contributed by atoms with Gasteiger partial charge in [0, 0.05) is 22.6 Å². The Balaban J connectivity index is 1.37. The molecule has 144 valence electrons. The van der Waals surface area contributed by atoms with E-state index in [0.717, 1.165) is 23.0 Å². The van der Waals surface area contributed by atoms with Crippen LogP contribution in [0.25, 0.3) is 0 Å². The van der Waals surface area contributed by atoms with E-state index in [9.17, 15) is 14.4 Å². The standard InChI is InChI=1S/C22H21BrN2O3/c23-15-5-3-6-16(13-15)24-20(26)10-4-9-19(14-11-12-14)25-21(27)17-7-1-2-8-18(17)22(25)28/h1-3,5-8,13-14,19H,4,9-12H2,(H,24,26)/t19-/m0/s1. The van der Waals surface area contributed by atoms with Crippen molar-refractivity contribution in [3.05, 3.63) is 64.1 Å². The predicted molar refractivity (Wildman–Crippen MR) is 110 cm³/mol. The van der Waals surface area contributed by atoms with Crippen LogP contribution in [-0.2, 0) is 4.79 Å². The van der Waals surface area contributed by atoms with Crippen LogP contribution in [0.5, 0.6) is 0 Å². The Bertz CT molecular complexity index is 904. The lowest BCUT2D eigenvalue weighted by Crippen LogP contribution is -2.41. The molecule has 1 saturated carbocycles. The summed E-state index contributed by atoms with van der Waals surface area (Å²) >= 11 is 3.39. The van der Waals surface area contributed by atoms with Crippen LogP contribution in [0, 0.1) is 5.92 Å². The SMILES string of the molecule is O=C(CCC[C@@H](C1CC1)N1C(=O)c2ccccc2C1=O)Nc1cccc(Br)c1. The van der Waals surface area contributed by atoms with Gasteiger partial charge in [-0.1, -0.05) is 34.1 Å². The zero-order valence-electron chi connectivity index (χ0n) is 15.4. The predicted octanol–water partition coefficient (Wildman–Crippen LogP) is 4.63. The molecule has 0 aromatic heterocycles. The molecule has 28 heavy (non-hydrogen) atoms. The molecule has 0 radical (unpaired) electrons. The minimum Gasteiger partial charge on any atom is -0.326 e. The van der Waals surface area contributed by atoms with Crippen molar-refractivity contribution in [1.29, 1.82) is 0 Å². The van der Waals surface area contributed by atoms with Crippen LogP contribution in [0.1, 0.15) is 52.8 Å². The van der Waals surface area contributed by atoms with Gasteiger partial charge >= 0.3 is 0 Å². The first-order valence-corrected chi connectivity index (χ1v) is 10.4. The average Bonchev–Trinajstić information content (AvgIpc) is 3.48. The number of benzene rings is 2. The maximum absolute atomic E-state index is 12.8. The second-order valence-corrected chi connectivity index (χ2v) is 8.30. The van der Waals surface area contributed by atoms with Crippen molar-refractivity contribution in [3.8, 4) is 0 Å². The van der Waals surface area contributed by atoms with Gasteiger partial charge in [-0.25, -0.2) is 0 Å². The summed E-state index contributed by atoms with van der Waals surface area (Å²) in [5.74, 6) is -0.0995. The van der Waals surface area contributed by atoms with Crippen molar-refractivity contribution in [2.75, 3.05) is 5.32 Å². The number of halogens is 1. The Morgan fingerprint density at radius 1 is 1.07 bits per heavy atom. The number of rotatable bonds is 7. The van der Waals surface area contributed by atoms with Gasteiger partial charge in [0.15, 0.2) is 0 Å². The van der Waals surface area contributed by atoms with Crippen LogP contribution in [0.2, 0.25) is 0 Å². The quantitative estimate of drug-likeness (QED) is 0.637. The molecule has 0 saturated heterocycles. The molecule has 1 aliphatic carbocycles. The number of fused-ring (bicyclic) bond motifs is 1. The van der Waals surface area contributed by atoms with Crippen molar-refractivity contribution < 1.29 is 14.4 Å². The smallest absolute Gasteiger partial charge is 0.261 e. The molecule has 3 amide bonds. The highest BCUT2D eigenvalue weighted by molar-refractivity contribution is 9.10. The number of nitrogens with one attached hydrogen (secondary N) is 1. The highest BCUT2D eigenvalue weighted by Gasteiger charge is 2.45. The number of anilines is 1. The number of hydrogen-bond acceptors (Lipinski definition) is 3. The van der Waals surface area contributed by atoms with E-state index in [1.807, 2.05) is 24.3 Å². The molecule has 1 heterocycles. The van der Waals surface area contributed by atoms with Gasteiger partial charge in [-0.15, -0.1) is 0 Å². The van der Waals surface area contributed by atoms with Crippen molar-refractivity contribution >= 4 is 39.3 Å². The summed E-state index contributed by atoms with van der Waals surface area (Å²) in [5.41, 5.74) is 1.73. The lowest BCUT2D eigenvalue weighted by Gasteiger charge is -2.26. The molecule has 2 aromatic carbocycles. The van der Waals surface area contributed by atoms with Crippen molar-refractivity contribution in [2.24, 2.45) is 5.92 Å². The van der Waals surface area contributed by atoms with Gasteiger partial charge in [-0.3, -0.25) is 19.3 Å². The summed E-state index contributed by atoms with van der Waals surface area (Å²) in [6, 6.07) is 14.3. The van der Waals surface area contributed by atoms with Crippen molar-refractivity contribution in [2.45, 2.75) is 38.1 Å². The number of imide groups is 1. The molecule has 0 spiro atoms. The van der Waals surface area contributed by atoms with Gasteiger partial charge < -0.3 is 5.32 Å². The van der Waals surface area contributed by atoms with Gasteiger partial charge in [0.05, 0.1) is 11.1 Å². The topological polar surface area (TPSA) is 66.5 Å². The zero-order valence-corrected chi connectivity index (χ0v) is 16.9. The molecule has 4 rings (SSSR count). The second kappa shape index (κ2) is 7.87. The highest BCUT2D eigenvalue weighted by Crippen LogP contribution is 2.40. The highest BCUT2D eigenvalue weighted by atomic mass is 79.9. The summed E-state index contributed by atoms with van der Waals surface area (Å²) < 4.78 is 0.907. The van der Waals surface area contributed by atoms with E-state index in [1.165, 1.54) is 4.90 Å². The minimum absolute atomic E-state index is 0.0602. The lowest BCUT2D eigenvalue weighted by atomic mass is 10.0. The van der Waals surface area contributed by atoms with Crippen LogP contribution in [0.4, 0.5) is 5.69 Å². The first-order chi connectivity index (χ1) is 13.5. The van der Waals surface area contributed by atoms with E-state index >= 15 is 0 Å². The van der Waals surface area contributed by atoms with Crippen molar-refractivity contribution in [3.63, 3.8) is 0 Å². The zero-order chi connectivity index (χ0) is 19.7. The molecule has 1 aliphatic heterocycles. The first kappa shape index (κ1) is 18.9. The van der Waals surface area contributed by atoms with E-state index in [0.29, 0.717) is 36.3 Å².